The maximum absolute atomic E-state index is 11.7. The number of nitrogens with one attached hydrogen (secondary N) is 1. The third kappa shape index (κ3) is 6.02. The van der Waals surface area contributed by atoms with Crippen molar-refractivity contribution in [1.82, 2.24) is 15.2 Å². The van der Waals surface area contributed by atoms with E-state index in [9.17, 15) is 4.79 Å². The lowest BCUT2D eigenvalue weighted by Crippen LogP contribution is -2.41. The van der Waals surface area contributed by atoms with Crippen molar-refractivity contribution >= 4 is 6.09 Å². The summed E-state index contributed by atoms with van der Waals surface area (Å²) in [5, 5.41) is 2.90. The van der Waals surface area contributed by atoms with E-state index >= 15 is 0 Å². The second kappa shape index (κ2) is 7.58. The van der Waals surface area contributed by atoms with Crippen molar-refractivity contribution in [1.29, 1.82) is 0 Å². The number of carbonyl (C=O) groups excluding carboxylic acids is 1. The average Bonchev–Trinajstić information content (AvgIpc) is 2.45. The van der Waals surface area contributed by atoms with Crippen molar-refractivity contribution in [3.63, 3.8) is 0 Å². The molecular formula is C17H27N3O2. The summed E-state index contributed by atoms with van der Waals surface area (Å²) in [6, 6.07) is 4.12. The van der Waals surface area contributed by atoms with Gasteiger partial charge in [-0.3, -0.25) is 9.88 Å². The van der Waals surface area contributed by atoms with E-state index in [0.717, 1.165) is 26.1 Å². The fraction of sp³-hybridized carbons (Fsp3) is 0.647. The largest absolute Gasteiger partial charge is 0.444 e. The maximum atomic E-state index is 11.7. The molecule has 1 amide bonds. The number of amides is 1. The molecule has 1 unspecified atom stereocenters. The highest BCUT2D eigenvalue weighted by atomic mass is 16.6. The van der Waals surface area contributed by atoms with Crippen molar-refractivity contribution < 1.29 is 9.53 Å². The van der Waals surface area contributed by atoms with Gasteiger partial charge in [0.15, 0.2) is 0 Å². The van der Waals surface area contributed by atoms with Crippen LogP contribution < -0.4 is 5.32 Å². The first kappa shape index (κ1) is 16.7. The molecule has 0 saturated carbocycles. The number of nitrogens with zero attached hydrogens (tertiary/aromatic N) is 2. The molecule has 1 aliphatic rings. The second-order valence-corrected chi connectivity index (χ2v) is 6.98. The number of piperidine rings is 1. The maximum Gasteiger partial charge on any atom is 0.407 e. The summed E-state index contributed by atoms with van der Waals surface area (Å²) in [4.78, 5) is 18.2. The first-order valence-electron chi connectivity index (χ1n) is 8.00. The molecule has 0 aliphatic carbocycles. The lowest BCUT2D eigenvalue weighted by Gasteiger charge is -2.33. The standard InChI is InChI=1S/C17H27N3O2/c1-17(2,3)22-16(21)19-11-15-5-4-10-20(13-15)12-14-6-8-18-9-7-14/h6-9,15H,4-5,10-13H2,1-3H3,(H,19,21). The minimum atomic E-state index is -0.440. The van der Waals surface area contributed by atoms with Crippen molar-refractivity contribution in [2.75, 3.05) is 19.6 Å². The van der Waals surface area contributed by atoms with E-state index in [2.05, 4.69) is 27.3 Å². The van der Waals surface area contributed by atoms with Crippen LogP contribution in [0.2, 0.25) is 0 Å². The smallest absolute Gasteiger partial charge is 0.407 e. The number of carbonyl (C=O) groups is 1. The topological polar surface area (TPSA) is 54.5 Å². The zero-order chi connectivity index (χ0) is 16.0. The Labute approximate surface area is 133 Å². The second-order valence-electron chi connectivity index (χ2n) is 6.98. The van der Waals surface area contributed by atoms with Crippen molar-refractivity contribution in [2.24, 2.45) is 5.92 Å². The van der Waals surface area contributed by atoms with E-state index in [1.54, 1.807) is 0 Å². The third-order valence-electron chi connectivity index (χ3n) is 3.69. The van der Waals surface area contributed by atoms with Crippen molar-refractivity contribution in [2.45, 2.75) is 45.8 Å². The molecule has 1 saturated heterocycles. The number of hydrogen-bond donors (Lipinski definition) is 1. The van der Waals surface area contributed by atoms with Crippen LogP contribution in [0.4, 0.5) is 4.79 Å². The predicted molar refractivity (Wildman–Crippen MR) is 86.5 cm³/mol. The lowest BCUT2D eigenvalue weighted by molar-refractivity contribution is 0.0506. The molecule has 1 fully saturated rings. The highest BCUT2D eigenvalue weighted by Gasteiger charge is 2.22. The molecule has 5 nitrogen and oxygen atoms in total. The van der Waals surface area contributed by atoms with Gasteiger partial charge in [-0.1, -0.05) is 0 Å². The highest BCUT2D eigenvalue weighted by Crippen LogP contribution is 2.18. The minimum Gasteiger partial charge on any atom is -0.444 e. The van der Waals surface area contributed by atoms with Crippen LogP contribution in [0.1, 0.15) is 39.2 Å². The molecular weight excluding hydrogens is 278 g/mol. The molecule has 2 rings (SSSR count). The van der Waals surface area contributed by atoms with Gasteiger partial charge in [0.25, 0.3) is 0 Å². The third-order valence-corrected chi connectivity index (χ3v) is 3.69. The van der Waals surface area contributed by atoms with Gasteiger partial charge >= 0.3 is 6.09 Å². The van der Waals surface area contributed by atoms with Gasteiger partial charge in [0.05, 0.1) is 0 Å². The first-order valence-corrected chi connectivity index (χ1v) is 8.00. The van der Waals surface area contributed by atoms with Crippen LogP contribution in [0.25, 0.3) is 0 Å². The summed E-state index contributed by atoms with van der Waals surface area (Å²) in [7, 11) is 0. The number of ether oxygens (including phenoxy) is 1. The minimum absolute atomic E-state index is 0.321. The molecule has 5 heteroatoms. The summed E-state index contributed by atoms with van der Waals surface area (Å²) in [5.74, 6) is 0.489. The molecule has 1 aromatic heterocycles. The van der Waals surface area contributed by atoms with Crippen LogP contribution >= 0.6 is 0 Å². The van der Waals surface area contributed by atoms with Gasteiger partial charge in [0.2, 0.25) is 0 Å². The Kier molecular flexibility index (Phi) is 5.77. The fourth-order valence-electron chi connectivity index (χ4n) is 2.75. The molecule has 0 bridgehead atoms. The van der Waals surface area contributed by atoms with E-state index in [1.807, 2.05) is 33.2 Å². The van der Waals surface area contributed by atoms with Gasteiger partial charge in [-0.05, 0) is 63.8 Å². The Morgan fingerprint density at radius 3 is 2.82 bits per heavy atom. The molecule has 0 radical (unpaired) electrons. The molecule has 1 aliphatic heterocycles. The van der Waals surface area contributed by atoms with Gasteiger partial charge in [-0.25, -0.2) is 4.79 Å². The SMILES string of the molecule is CC(C)(C)OC(=O)NCC1CCCN(Cc2ccncc2)C1. The van der Waals surface area contributed by atoms with Gasteiger partial charge < -0.3 is 10.1 Å². The van der Waals surface area contributed by atoms with E-state index < -0.39 is 5.60 Å². The summed E-state index contributed by atoms with van der Waals surface area (Å²) in [6.45, 7) is 9.40. The summed E-state index contributed by atoms with van der Waals surface area (Å²) in [6.07, 6.45) is 5.68. The van der Waals surface area contributed by atoms with Crippen molar-refractivity contribution in [3.05, 3.63) is 30.1 Å². The Morgan fingerprint density at radius 1 is 1.41 bits per heavy atom. The average molecular weight is 305 g/mol. The monoisotopic (exact) mass is 305 g/mol. The number of rotatable bonds is 4. The van der Waals surface area contributed by atoms with Crippen LogP contribution in [-0.2, 0) is 11.3 Å². The molecule has 1 N–H and O–H groups in total. The normalized spacial score (nSPS) is 19.7. The number of likely N-dealkylation sites (tertiary alicyclic amines) is 1. The molecule has 22 heavy (non-hydrogen) atoms. The Hall–Kier alpha value is -1.62. The zero-order valence-corrected chi connectivity index (χ0v) is 13.8. The van der Waals surface area contributed by atoms with E-state index in [4.69, 9.17) is 4.74 Å². The van der Waals surface area contributed by atoms with Crippen LogP contribution in [0, 0.1) is 5.92 Å². The van der Waals surface area contributed by atoms with E-state index in [1.165, 1.54) is 12.0 Å². The first-order chi connectivity index (χ1) is 10.4. The lowest BCUT2D eigenvalue weighted by atomic mass is 9.97. The van der Waals surface area contributed by atoms with E-state index in [-0.39, 0.29) is 6.09 Å². The van der Waals surface area contributed by atoms with Crippen LogP contribution in [0.5, 0.6) is 0 Å². The van der Waals surface area contributed by atoms with E-state index in [0.29, 0.717) is 12.5 Å². The van der Waals surface area contributed by atoms with Crippen LogP contribution in [0.3, 0.4) is 0 Å². The predicted octanol–water partition coefficient (Wildman–Crippen LogP) is 2.82. The molecule has 0 spiro atoms. The van der Waals surface area contributed by atoms with Crippen LogP contribution in [-0.4, -0.2) is 41.2 Å². The molecule has 1 aromatic rings. The fourth-order valence-corrected chi connectivity index (χ4v) is 2.75. The zero-order valence-electron chi connectivity index (χ0n) is 13.8. The number of pyridine rings is 1. The number of hydrogen-bond acceptors (Lipinski definition) is 4. The van der Waals surface area contributed by atoms with Crippen LogP contribution in [0.15, 0.2) is 24.5 Å². The quantitative estimate of drug-likeness (QED) is 0.929. The Balaban J connectivity index is 1.75. The molecule has 2 heterocycles. The Morgan fingerprint density at radius 2 is 2.14 bits per heavy atom. The van der Waals surface area contributed by atoms with Gasteiger partial charge in [-0.15, -0.1) is 0 Å². The number of alkyl carbamates (subject to hydrolysis) is 1. The van der Waals surface area contributed by atoms with Gasteiger partial charge in [-0.2, -0.15) is 0 Å². The summed E-state index contributed by atoms with van der Waals surface area (Å²) < 4.78 is 5.28. The summed E-state index contributed by atoms with van der Waals surface area (Å²) >= 11 is 0. The van der Waals surface area contributed by atoms with Crippen molar-refractivity contribution in [3.8, 4) is 0 Å². The van der Waals surface area contributed by atoms with Gasteiger partial charge in [0.1, 0.15) is 5.60 Å². The molecule has 1 atom stereocenters. The summed E-state index contributed by atoms with van der Waals surface area (Å²) in [5.41, 5.74) is 0.847. The Bertz CT molecular complexity index is 471. The molecule has 122 valence electrons. The number of aromatic nitrogens is 1. The highest BCUT2D eigenvalue weighted by molar-refractivity contribution is 5.67. The van der Waals surface area contributed by atoms with Gasteiger partial charge in [0, 0.05) is 32.0 Å². The molecule has 0 aromatic carbocycles.